The molecule has 0 aliphatic heterocycles. The first-order valence-corrected chi connectivity index (χ1v) is 8.30. The highest BCUT2D eigenvalue weighted by atomic mass is 32.1. The zero-order valence-corrected chi connectivity index (χ0v) is 13.8. The summed E-state index contributed by atoms with van der Waals surface area (Å²) < 4.78 is 5.65. The van der Waals surface area contributed by atoms with Gasteiger partial charge in [0, 0.05) is 0 Å². The van der Waals surface area contributed by atoms with E-state index < -0.39 is 12.0 Å². The number of hydrogen-bond donors (Lipinski definition) is 2. The van der Waals surface area contributed by atoms with Gasteiger partial charge in [-0.3, -0.25) is 20.4 Å². The molecule has 0 aliphatic rings. The maximum atomic E-state index is 12.0. The van der Waals surface area contributed by atoms with Gasteiger partial charge in [-0.1, -0.05) is 36.4 Å². The largest absolute Gasteiger partial charge is 0.481 e. The number of nitrogens with one attached hydrogen (secondary N) is 2. The van der Waals surface area contributed by atoms with Crippen LogP contribution in [-0.4, -0.2) is 17.9 Å². The van der Waals surface area contributed by atoms with Crippen molar-refractivity contribution in [1.29, 1.82) is 0 Å². The van der Waals surface area contributed by atoms with Crippen molar-refractivity contribution in [1.82, 2.24) is 10.9 Å². The van der Waals surface area contributed by atoms with Crippen LogP contribution in [0.2, 0.25) is 0 Å². The lowest BCUT2D eigenvalue weighted by Crippen LogP contribution is -2.47. The number of thiophene rings is 1. The van der Waals surface area contributed by atoms with Crippen molar-refractivity contribution in [3.05, 3.63) is 64.9 Å². The van der Waals surface area contributed by atoms with Gasteiger partial charge in [0.1, 0.15) is 5.75 Å². The first kappa shape index (κ1) is 16.0. The number of carbonyl (C=O) groups is 2. The Morgan fingerprint density at radius 1 is 1.00 bits per heavy atom. The van der Waals surface area contributed by atoms with Crippen molar-refractivity contribution in [2.75, 3.05) is 0 Å². The minimum absolute atomic E-state index is 0.351. The third-order valence-corrected chi connectivity index (χ3v) is 4.32. The highest BCUT2D eigenvalue weighted by Gasteiger charge is 2.16. The van der Waals surface area contributed by atoms with Gasteiger partial charge >= 0.3 is 0 Å². The molecule has 0 saturated heterocycles. The lowest BCUT2D eigenvalue weighted by molar-refractivity contribution is -0.128. The Balaban J connectivity index is 1.57. The zero-order chi connectivity index (χ0) is 16.9. The van der Waals surface area contributed by atoms with Crippen LogP contribution in [0, 0.1) is 0 Å². The molecule has 2 amide bonds. The molecular formula is C18H16N2O3S. The number of hydrogen-bond acceptors (Lipinski definition) is 4. The lowest BCUT2D eigenvalue weighted by atomic mass is 10.1. The molecule has 0 spiro atoms. The highest BCUT2D eigenvalue weighted by molar-refractivity contribution is 7.12. The predicted octanol–water partition coefficient (Wildman–Crippen LogP) is 3.13. The molecule has 1 aromatic heterocycles. The number of benzene rings is 2. The van der Waals surface area contributed by atoms with Gasteiger partial charge in [-0.2, -0.15) is 0 Å². The summed E-state index contributed by atoms with van der Waals surface area (Å²) >= 11 is 1.30. The number of hydrazine groups is 1. The van der Waals surface area contributed by atoms with Gasteiger partial charge < -0.3 is 4.74 Å². The fourth-order valence-electron chi connectivity index (χ4n) is 2.19. The van der Waals surface area contributed by atoms with Gasteiger partial charge in [0.05, 0.1) is 4.88 Å². The maximum Gasteiger partial charge on any atom is 0.279 e. The Bertz CT molecular complexity index is 862. The first-order chi connectivity index (χ1) is 11.6. The van der Waals surface area contributed by atoms with E-state index in [1.165, 1.54) is 11.3 Å². The van der Waals surface area contributed by atoms with Crippen LogP contribution < -0.4 is 15.6 Å². The molecule has 1 unspecified atom stereocenters. The highest BCUT2D eigenvalue weighted by Crippen LogP contribution is 2.21. The molecule has 2 N–H and O–H groups in total. The Morgan fingerprint density at radius 2 is 1.79 bits per heavy atom. The average Bonchev–Trinajstić information content (AvgIpc) is 3.14. The van der Waals surface area contributed by atoms with E-state index >= 15 is 0 Å². The van der Waals surface area contributed by atoms with E-state index in [0.717, 1.165) is 10.8 Å². The fraction of sp³-hybridized carbons (Fsp3) is 0.111. The summed E-state index contributed by atoms with van der Waals surface area (Å²) in [4.78, 5) is 24.3. The van der Waals surface area contributed by atoms with Crippen LogP contribution >= 0.6 is 11.3 Å². The quantitative estimate of drug-likeness (QED) is 0.717. The van der Waals surface area contributed by atoms with Crippen LogP contribution in [0.4, 0.5) is 0 Å². The molecule has 24 heavy (non-hydrogen) atoms. The molecule has 0 radical (unpaired) electrons. The minimum atomic E-state index is -0.741. The summed E-state index contributed by atoms with van der Waals surface area (Å²) in [7, 11) is 0. The standard InChI is InChI=1S/C18H16N2O3S/c1-12(17(21)19-20-18(22)16-7-4-10-24-16)23-15-9-8-13-5-2-3-6-14(13)11-15/h2-12H,1H3,(H,19,21)(H,20,22). The number of carbonyl (C=O) groups excluding carboxylic acids is 2. The molecule has 0 aliphatic carbocycles. The van der Waals surface area contributed by atoms with Crippen LogP contribution in [0.15, 0.2) is 60.0 Å². The van der Waals surface area contributed by atoms with E-state index in [9.17, 15) is 9.59 Å². The molecule has 5 nitrogen and oxygen atoms in total. The van der Waals surface area contributed by atoms with Crippen molar-refractivity contribution in [3.63, 3.8) is 0 Å². The van der Waals surface area contributed by atoms with E-state index in [1.54, 1.807) is 24.4 Å². The SMILES string of the molecule is CC(Oc1ccc2ccccc2c1)C(=O)NNC(=O)c1cccs1. The zero-order valence-electron chi connectivity index (χ0n) is 13.0. The van der Waals surface area contributed by atoms with Crippen LogP contribution in [0.5, 0.6) is 5.75 Å². The van der Waals surface area contributed by atoms with Gasteiger partial charge in [0.15, 0.2) is 6.10 Å². The normalized spacial score (nSPS) is 11.7. The average molecular weight is 340 g/mol. The summed E-state index contributed by atoms with van der Waals surface area (Å²) in [6, 6.07) is 17.0. The summed E-state index contributed by atoms with van der Waals surface area (Å²) in [5, 5.41) is 3.93. The molecule has 1 atom stereocenters. The Morgan fingerprint density at radius 3 is 2.54 bits per heavy atom. The second-order valence-electron chi connectivity index (χ2n) is 5.19. The third-order valence-electron chi connectivity index (χ3n) is 3.45. The smallest absolute Gasteiger partial charge is 0.279 e. The second kappa shape index (κ2) is 7.14. The Hall–Kier alpha value is -2.86. The van der Waals surface area contributed by atoms with Crippen molar-refractivity contribution in [2.45, 2.75) is 13.0 Å². The topological polar surface area (TPSA) is 67.4 Å². The Labute approximate surface area is 143 Å². The monoisotopic (exact) mass is 340 g/mol. The van der Waals surface area contributed by atoms with E-state index in [4.69, 9.17) is 4.74 Å². The van der Waals surface area contributed by atoms with Gasteiger partial charge in [-0.15, -0.1) is 11.3 Å². The number of rotatable bonds is 4. The van der Waals surface area contributed by atoms with E-state index in [-0.39, 0.29) is 5.91 Å². The van der Waals surface area contributed by atoms with Gasteiger partial charge in [-0.25, -0.2) is 0 Å². The minimum Gasteiger partial charge on any atom is -0.481 e. The van der Waals surface area contributed by atoms with Crippen molar-refractivity contribution in [3.8, 4) is 5.75 Å². The van der Waals surface area contributed by atoms with E-state index in [2.05, 4.69) is 10.9 Å². The molecule has 0 fully saturated rings. The van der Waals surface area contributed by atoms with Crippen LogP contribution in [0.1, 0.15) is 16.6 Å². The lowest BCUT2D eigenvalue weighted by Gasteiger charge is -2.15. The van der Waals surface area contributed by atoms with Gasteiger partial charge in [0.25, 0.3) is 11.8 Å². The fourth-order valence-corrected chi connectivity index (χ4v) is 2.81. The van der Waals surface area contributed by atoms with E-state index in [1.807, 2.05) is 42.5 Å². The summed E-state index contributed by atoms with van der Waals surface area (Å²) in [6.45, 7) is 1.63. The van der Waals surface area contributed by atoms with Gasteiger partial charge in [0.2, 0.25) is 0 Å². The Kier molecular flexibility index (Phi) is 4.77. The molecule has 2 aromatic carbocycles. The molecule has 0 saturated carbocycles. The molecule has 3 rings (SSSR count). The number of fused-ring (bicyclic) bond motifs is 1. The third kappa shape index (κ3) is 3.72. The van der Waals surface area contributed by atoms with Crippen molar-refractivity contribution >= 4 is 33.9 Å². The van der Waals surface area contributed by atoms with Crippen LogP contribution in [-0.2, 0) is 4.79 Å². The molecule has 3 aromatic rings. The summed E-state index contributed by atoms with van der Waals surface area (Å²) in [5.41, 5.74) is 4.74. The maximum absolute atomic E-state index is 12.0. The molecule has 122 valence electrons. The van der Waals surface area contributed by atoms with Crippen molar-refractivity contribution in [2.24, 2.45) is 0 Å². The van der Waals surface area contributed by atoms with Crippen molar-refractivity contribution < 1.29 is 14.3 Å². The number of amides is 2. The predicted molar refractivity (Wildman–Crippen MR) is 94.0 cm³/mol. The van der Waals surface area contributed by atoms with Crippen LogP contribution in [0.3, 0.4) is 0 Å². The first-order valence-electron chi connectivity index (χ1n) is 7.42. The molecule has 0 bridgehead atoms. The van der Waals surface area contributed by atoms with E-state index in [0.29, 0.717) is 10.6 Å². The summed E-state index contributed by atoms with van der Waals surface area (Å²) in [6.07, 6.45) is -0.741. The van der Waals surface area contributed by atoms with Crippen LogP contribution in [0.25, 0.3) is 10.8 Å². The van der Waals surface area contributed by atoms with Gasteiger partial charge in [-0.05, 0) is 41.3 Å². The number of ether oxygens (including phenoxy) is 1. The molecule has 1 heterocycles. The second-order valence-corrected chi connectivity index (χ2v) is 6.14. The molecular weight excluding hydrogens is 324 g/mol. The summed E-state index contributed by atoms with van der Waals surface area (Å²) in [5.74, 6) is -0.176. The molecule has 6 heteroatoms.